The van der Waals surface area contributed by atoms with E-state index >= 15 is 0 Å². The first kappa shape index (κ1) is 20.0. The largest absolute Gasteiger partial charge is 0.347 e. The fourth-order valence-electron chi connectivity index (χ4n) is 3.54. The number of nitrogens with one attached hydrogen (secondary N) is 1. The smallest absolute Gasteiger partial charge is 0.0489 e. The van der Waals surface area contributed by atoms with Crippen LogP contribution >= 0.6 is 12.1 Å². The summed E-state index contributed by atoms with van der Waals surface area (Å²) in [4.78, 5) is 0. The molecule has 0 fully saturated rings. The highest BCUT2D eigenvalue weighted by Crippen LogP contribution is 2.30. The quantitative estimate of drug-likeness (QED) is 0.409. The number of nitrogens with zero attached hydrogens (tertiary/aromatic N) is 2. The molecule has 3 aromatic rings. The predicted molar refractivity (Wildman–Crippen MR) is 120 cm³/mol. The second-order valence-corrected chi connectivity index (χ2v) is 9.00. The Morgan fingerprint density at radius 1 is 1.11 bits per heavy atom. The Labute approximate surface area is 168 Å². The van der Waals surface area contributed by atoms with Gasteiger partial charge in [0.15, 0.2) is 0 Å². The van der Waals surface area contributed by atoms with E-state index in [0.29, 0.717) is 5.92 Å². The summed E-state index contributed by atoms with van der Waals surface area (Å²) < 4.78 is 7.95. The van der Waals surface area contributed by atoms with Crippen LogP contribution in [-0.4, -0.2) is 29.5 Å². The van der Waals surface area contributed by atoms with E-state index in [4.69, 9.17) is 0 Å². The molecule has 0 aliphatic rings. The summed E-state index contributed by atoms with van der Waals surface area (Å²) in [7, 11) is 4.11. The highest BCUT2D eigenvalue weighted by molar-refractivity contribution is 7.95. The summed E-state index contributed by atoms with van der Waals surface area (Å²) in [6, 6.07) is 15.6. The number of benzene rings is 2. The Kier molecular flexibility index (Phi) is 6.64. The van der Waals surface area contributed by atoms with E-state index in [2.05, 4.69) is 97.1 Å². The molecule has 0 atom stereocenters. The molecule has 27 heavy (non-hydrogen) atoms. The van der Waals surface area contributed by atoms with Crippen molar-refractivity contribution < 1.29 is 0 Å². The van der Waals surface area contributed by atoms with Gasteiger partial charge in [0, 0.05) is 42.3 Å². The minimum absolute atomic E-state index is 0.623. The van der Waals surface area contributed by atoms with Gasteiger partial charge in [0.05, 0.1) is 0 Å². The van der Waals surface area contributed by atoms with Crippen LogP contribution in [0.2, 0.25) is 0 Å². The Morgan fingerprint density at radius 3 is 2.59 bits per heavy atom. The molecule has 144 valence electrons. The van der Waals surface area contributed by atoms with E-state index in [0.717, 1.165) is 19.5 Å². The Bertz CT molecular complexity index is 896. The van der Waals surface area contributed by atoms with Gasteiger partial charge in [0.25, 0.3) is 0 Å². The minimum Gasteiger partial charge on any atom is -0.347 e. The molecule has 0 bridgehead atoms. The van der Waals surface area contributed by atoms with E-state index in [1.54, 1.807) is 12.1 Å². The van der Waals surface area contributed by atoms with Crippen LogP contribution in [0, 0.1) is 12.8 Å². The Morgan fingerprint density at radius 2 is 1.89 bits per heavy atom. The molecule has 1 N–H and O–H groups in total. The maximum absolute atomic E-state index is 3.43. The zero-order valence-corrected chi connectivity index (χ0v) is 17.9. The van der Waals surface area contributed by atoms with Gasteiger partial charge in [-0.3, -0.25) is 4.72 Å². The van der Waals surface area contributed by atoms with Gasteiger partial charge in [0.2, 0.25) is 0 Å². The van der Waals surface area contributed by atoms with Crippen LogP contribution in [0.5, 0.6) is 0 Å². The zero-order valence-electron chi connectivity index (χ0n) is 17.1. The average molecular weight is 382 g/mol. The molecule has 0 saturated heterocycles. The third kappa shape index (κ3) is 4.95. The molecule has 4 heteroatoms. The summed E-state index contributed by atoms with van der Waals surface area (Å²) in [6.07, 6.45) is 3.39. The SMILES string of the molecule is Cc1ccccc1-c1ccc2c(CCNSN(C)C)cn(CC(C)C)c2c1. The number of rotatable bonds is 8. The van der Waals surface area contributed by atoms with Gasteiger partial charge < -0.3 is 4.57 Å². The number of fused-ring (bicyclic) bond motifs is 1. The second-order valence-electron chi connectivity index (χ2n) is 7.80. The van der Waals surface area contributed by atoms with Gasteiger partial charge in [0.1, 0.15) is 0 Å². The maximum Gasteiger partial charge on any atom is 0.0489 e. The number of aryl methyl sites for hydroxylation is 1. The lowest BCUT2D eigenvalue weighted by Crippen LogP contribution is -2.15. The lowest BCUT2D eigenvalue weighted by Gasteiger charge is -2.10. The van der Waals surface area contributed by atoms with Crippen LogP contribution in [0.3, 0.4) is 0 Å². The fraction of sp³-hybridized carbons (Fsp3) is 0.391. The van der Waals surface area contributed by atoms with Crippen molar-refractivity contribution in [3.8, 4) is 11.1 Å². The molecule has 0 unspecified atom stereocenters. The van der Waals surface area contributed by atoms with Crippen molar-refractivity contribution in [1.29, 1.82) is 0 Å². The van der Waals surface area contributed by atoms with Crippen LogP contribution in [-0.2, 0) is 13.0 Å². The van der Waals surface area contributed by atoms with Gasteiger partial charge in [-0.05, 0) is 61.7 Å². The summed E-state index contributed by atoms with van der Waals surface area (Å²) in [5, 5.41) is 1.38. The van der Waals surface area contributed by atoms with Gasteiger partial charge in [-0.1, -0.05) is 50.2 Å². The van der Waals surface area contributed by atoms with Gasteiger partial charge in [-0.25, -0.2) is 4.31 Å². The second kappa shape index (κ2) is 8.96. The first-order valence-corrected chi connectivity index (χ1v) is 10.5. The van der Waals surface area contributed by atoms with Crippen LogP contribution in [0.4, 0.5) is 0 Å². The summed E-state index contributed by atoms with van der Waals surface area (Å²) in [6.45, 7) is 8.76. The van der Waals surface area contributed by atoms with Crippen molar-refractivity contribution in [2.75, 3.05) is 20.6 Å². The Balaban J connectivity index is 1.95. The predicted octanol–water partition coefficient (Wildman–Crippen LogP) is 5.53. The van der Waals surface area contributed by atoms with Crippen molar-refractivity contribution in [2.24, 2.45) is 5.92 Å². The molecular formula is C23H31N3S. The fourth-order valence-corrected chi connectivity index (χ4v) is 3.99. The molecule has 2 aromatic carbocycles. The first-order chi connectivity index (χ1) is 13.0. The lowest BCUT2D eigenvalue weighted by molar-refractivity contribution is 0.534. The summed E-state index contributed by atoms with van der Waals surface area (Å²) in [5.41, 5.74) is 6.72. The number of aromatic nitrogens is 1. The standard InChI is InChI=1S/C23H31N3S/c1-17(2)15-26-16-20(12-13-24-27-25(4)5)22-11-10-19(14-23(22)26)21-9-7-6-8-18(21)3/h6-11,14,16-17,24H,12-13,15H2,1-5H3. The van der Waals surface area contributed by atoms with Crippen molar-refractivity contribution in [3.63, 3.8) is 0 Å². The highest BCUT2D eigenvalue weighted by Gasteiger charge is 2.12. The molecule has 1 heterocycles. The third-order valence-electron chi connectivity index (χ3n) is 4.73. The molecule has 3 nitrogen and oxygen atoms in total. The third-order valence-corrected chi connectivity index (χ3v) is 5.42. The van der Waals surface area contributed by atoms with Crippen molar-refractivity contribution in [2.45, 2.75) is 33.7 Å². The Hall–Kier alpha value is -1.75. The topological polar surface area (TPSA) is 20.2 Å². The number of hydrogen-bond donors (Lipinski definition) is 1. The zero-order chi connectivity index (χ0) is 19.4. The summed E-state index contributed by atoms with van der Waals surface area (Å²) in [5.74, 6) is 0.623. The average Bonchev–Trinajstić information content (AvgIpc) is 2.95. The minimum atomic E-state index is 0.623. The van der Waals surface area contributed by atoms with E-state index < -0.39 is 0 Å². The monoisotopic (exact) mass is 381 g/mol. The summed E-state index contributed by atoms with van der Waals surface area (Å²) >= 11 is 1.65. The molecule has 0 spiro atoms. The van der Waals surface area contributed by atoms with Crippen LogP contribution in [0.1, 0.15) is 25.0 Å². The van der Waals surface area contributed by atoms with Crippen molar-refractivity contribution >= 4 is 23.0 Å². The molecule has 0 aliphatic heterocycles. The maximum atomic E-state index is 3.43. The molecule has 0 aliphatic carbocycles. The molecule has 0 radical (unpaired) electrons. The van der Waals surface area contributed by atoms with Gasteiger partial charge >= 0.3 is 0 Å². The number of hydrogen-bond acceptors (Lipinski definition) is 3. The van der Waals surface area contributed by atoms with Gasteiger partial charge in [-0.15, -0.1) is 0 Å². The van der Waals surface area contributed by atoms with E-state index in [9.17, 15) is 0 Å². The molecule has 3 rings (SSSR count). The molecule has 1 aromatic heterocycles. The molecule has 0 saturated carbocycles. The molecular weight excluding hydrogens is 350 g/mol. The van der Waals surface area contributed by atoms with Crippen LogP contribution in [0.25, 0.3) is 22.0 Å². The van der Waals surface area contributed by atoms with E-state index in [1.165, 1.54) is 33.2 Å². The highest BCUT2D eigenvalue weighted by atomic mass is 32.2. The van der Waals surface area contributed by atoms with Crippen LogP contribution in [0.15, 0.2) is 48.7 Å². The van der Waals surface area contributed by atoms with Crippen LogP contribution < -0.4 is 4.72 Å². The van der Waals surface area contributed by atoms with Crippen molar-refractivity contribution in [3.05, 3.63) is 59.8 Å². The van der Waals surface area contributed by atoms with E-state index in [-0.39, 0.29) is 0 Å². The lowest BCUT2D eigenvalue weighted by atomic mass is 9.99. The molecule has 0 amide bonds. The van der Waals surface area contributed by atoms with Crippen molar-refractivity contribution in [1.82, 2.24) is 13.6 Å². The van der Waals surface area contributed by atoms with E-state index in [1.807, 2.05) is 0 Å². The van der Waals surface area contributed by atoms with Gasteiger partial charge in [-0.2, -0.15) is 0 Å². The normalized spacial score (nSPS) is 11.8. The first-order valence-electron chi connectivity index (χ1n) is 9.70.